The van der Waals surface area contributed by atoms with Crippen LogP contribution in [-0.4, -0.2) is 24.5 Å². The molecule has 25 heavy (non-hydrogen) atoms. The minimum absolute atomic E-state index is 0.135. The third-order valence-corrected chi connectivity index (χ3v) is 3.66. The van der Waals surface area contributed by atoms with Crippen LogP contribution in [0.1, 0.15) is 0 Å². The Hall–Kier alpha value is -3.09. The number of hydrogen-bond donors (Lipinski definition) is 1. The van der Waals surface area contributed by atoms with E-state index in [1.165, 1.54) is 0 Å². The fraction of sp³-hybridized carbons (Fsp3) is 0.111. The molecule has 0 aliphatic heterocycles. The number of rotatable bonds is 4. The Balaban J connectivity index is 1.72. The topological polar surface area (TPSA) is 45.2 Å². The van der Waals surface area contributed by atoms with E-state index in [4.69, 9.17) is 0 Å². The highest BCUT2D eigenvalue weighted by Gasteiger charge is 2.16. The van der Waals surface area contributed by atoms with Crippen molar-refractivity contribution in [2.45, 2.75) is 0 Å². The first-order chi connectivity index (χ1) is 12.0. The van der Waals surface area contributed by atoms with Gasteiger partial charge in [0.1, 0.15) is 5.82 Å². The molecule has 7 heteroatoms. The fourth-order valence-corrected chi connectivity index (χ4v) is 2.38. The van der Waals surface area contributed by atoms with E-state index >= 15 is 0 Å². The van der Waals surface area contributed by atoms with Crippen molar-refractivity contribution in [1.29, 1.82) is 0 Å². The SMILES string of the molecule is CN(CC(=O)Nc1ccc(F)c(F)c1F)c1ccc2ccccc2n1. The first-order valence-electron chi connectivity index (χ1n) is 7.46. The van der Waals surface area contributed by atoms with Crippen molar-refractivity contribution in [3.63, 3.8) is 0 Å². The Bertz CT molecular complexity index is 946. The molecular formula is C18H14F3N3O. The van der Waals surface area contributed by atoms with E-state index in [1.807, 2.05) is 30.3 Å². The van der Waals surface area contributed by atoms with Crippen molar-refractivity contribution in [3.05, 3.63) is 66.0 Å². The first-order valence-corrected chi connectivity index (χ1v) is 7.46. The highest BCUT2D eigenvalue weighted by Crippen LogP contribution is 2.20. The van der Waals surface area contributed by atoms with E-state index in [9.17, 15) is 18.0 Å². The van der Waals surface area contributed by atoms with Crippen LogP contribution >= 0.6 is 0 Å². The molecule has 0 saturated carbocycles. The highest BCUT2D eigenvalue weighted by molar-refractivity contribution is 5.94. The summed E-state index contributed by atoms with van der Waals surface area (Å²) in [6.07, 6.45) is 0. The van der Waals surface area contributed by atoms with E-state index in [1.54, 1.807) is 18.0 Å². The number of nitrogens with zero attached hydrogens (tertiary/aromatic N) is 2. The average molecular weight is 345 g/mol. The number of hydrogen-bond acceptors (Lipinski definition) is 3. The number of anilines is 2. The molecule has 0 spiro atoms. The van der Waals surface area contributed by atoms with Crippen LogP contribution in [-0.2, 0) is 4.79 Å². The summed E-state index contributed by atoms with van der Waals surface area (Å²) in [4.78, 5) is 18.1. The van der Waals surface area contributed by atoms with Gasteiger partial charge in [-0.1, -0.05) is 18.2 Å². The third-order valence-electron chi connectivity index (χ3n) is 3.66. The lowest BCUT2D eigenvalue weighted by atomic mass is 10.2. The van der Waals surface area contributed by atoms with Crippen LogP contribution in [0.25, 0.3) is 10.9 Å². The molecule has 1 aromatic heterocycles. The fourth-order valence-electron chi connectivity index (χ4n) is 2.38. The Morgan fingerprint density at radius 3 is 2.60 bits per heavy atom. The van der Waals surface area contributed by atoms with Crippen molar-refractivity contribution in [2.75, 3.05) is 23.8 Å². The Morgan fingerprint density at radius 1 is 1.04 bits per heavy atom. The van der Waals surface area contributed by atoms with Crippen molar-refractivity contribution < 1.29 is 18.0 Å². The second-order valence-electron chi connectivity index (χ2n) is 5.49. The van der Waals surface area contributed by atoms with E-state index < -0.39 is 29.0 Å². The van der Waals surface area contributed by atoms with Gasteiger partial charge in [-0.3, -0.25) is 4.79 Å². The standard InChI is InChI=1S/C18H14F3N3O/c1-24(15-9-6-11-4-2-3-5-13(11)22-15)10-16(25)23-14-8-7-12(19)17(20)18(14)21/h2-9H,10H2,1H3,(H,23,25). The number of fused-ring (bicyclic) bond motifs is 1. The van der Waals surface area contributed by atoms with E-state index in [-0.39, 0.29) is 6.54 Å². The zero-order chi connectivity index (χ0) is 18.0. The van der Waals surface area contributed by atoms with Crippen LogP contribution in [0.4, 0.5) is 24.7 Å². The van der Waals surface area contributed by atoms with Crippen molar-refractivity contribution in [2.24, 2.45) is 0 Å². The van der Waals surface area contributed by atoms with Crippen LogP contribution < -0.4 is 10.2 Å². The van der Waals surface area contributed by atoms with Gasteiger partial charge in [0.25, 0.3) is 0 Å². The number of aromatic nitrogens is 1. The monoisotopic (exact) mass is 345 g/mol. The molecule has 1 amide bonds. The van der Waals surface area contributed by atoms with Crippen molar-refractivity contribution in [1.82, 2.24) is 4.98 Å². The van der Waals surface area contributed by atoms with Gasteiger partial charge < -0.3 is 10.2 Å². The molecule has 1 N–H and O–H groups in total. The smallest absolute Gasteiger partial charge is 0.244 e. The van der Waals surface area contributed by atoms with E-state index in [0.29, 0.717) is 5.82 Å². The van der Waals surface area contributed by atoms with Crippen LogP contribution in [0.15, 0.2) is 48.5 Å². The molecule has 2 aromatic carbocycles. The van der Waals surface area contributed by atoms with Gasteiger partial charge in [-0.15, -0.1) is 0 Å². The molecule has 0 radical (unpaired) electrons. The first kappa shape index (κ1) is 16.8. The van der Waals surface area contributed by atoms with Gasteiger partial charge in [0, 0.05) is 12.4 Å². The molecule has 0 bridgehead atoms. The van der Waals surface area contributed by atoms with E-state index in [0.717, 1.165) is 23.0 Å². The minimum Gasteiger partial charge on any atom is -0.350 e. The van der Waals surface area contributed by atoms with Crippen LogP contribution in [0, 0.1) is 17.5 Å². The number of carbonyl (C=O) groups is 1. The summed E-state index contributed by atoms with van der Waals surface area (Å²) in [6.45, 7) is -0.135. The van der Waals surface area contributed by atoms with Gasteiger partial charge in [-0.25, -0.2) is 18.2 Å². The summed E-state index contributed by atoms with van der Waals surface area (Å²) in [7, 11) is 1.65. The summed E-state index contributed by atoms with van der Waals surface area (Å²) in [5.41, 5.74) is 0.364. The number of benzene rings is 2. The van der Waals surface area contributed by atoms with Crippen LogP contribution in [0.3, 0.4) is 0 Å². The number of nitrogens with one attached hydrogen (secondary N) is 1. The Morgan fingerprint density at radius 2 is 1.80 bits per heavy atom. The molecular weight excluding hydrogens is 331 g/mol. The van der Waals surface area contributed by atoms with Gasteiger partial charge >= 0.3 is 0 Å². The number of pyridine rings is 1. The molecule has 0 fully saturated rings. The van der Waals surface area contributed by atoms with E-state index in [2.05, 4.69) is 10.3 Å². The molecule has 0 atom stereocenters. The third kappa shape index (κ3) is 3.55. The lowest BCUT2D eigenvalue weighted by Gasteiger charge is -2.18. The molecule has 4 nitrogen and oxygen atoms in total. The molecule has 0 aliphatic rings. The molecule has 0 saturated heterocycles. The zero-order valence-electron chi connectivity index (χ0n) is 13.3. The normalized spacial score (nSPS) is 10.7. The maximum atomic E-state index is 13.6. The predicted molar refractivity (Wildman–Crippen MR) is 90.0 cm³/mol. The number of likely N-dealkylation sites (N-methyl/N-ethyl adjacent to an activating group) is 1. The number of carbonyl (C=O) groups excluding carboxylic acids is 1. The Labute approximate surface area is 141 Å². The lowest BCUT2D eigenvalue weighted by molar-refractivity contribution is -0.115. The molecule has 0 aliphatic carbocycles. The molecule has 3 rings (SSSR count). The number of amides is 1. The highest BCUT2D eigenvalue weighted by atomic mass is 19.2. The lowest BCUT2D eigenvalue weighted by Crippen LogP contribution is -2.31. The second-order valence-corrected chi connectivity index (χ2v) is 5.49. The maximum Gasteiger partial charge on any atom is 0.244 e. The number of halogens is 3. The molecule has 128 valence electrons. The second kappa shape index (κ2) is 6.80. The quantitative estimate of drug-likeness (QED) is 0.733. The van der Waals surface area contributed by atoms with Gasteiger partial charge in [0.15, 0.2) is 17.5 Å². The predicted octanol–water partition coefficient (Wildman–Crippen LogP) is 3.73. The van der Waals surface area contributed by atoms with Crippen LogP contribution in [0.2, 0.25) is 0 Å². The van der Waals surface area contributed by atoms with Crippen LogP contribution in [0.5, 0.6) is 0 Å². The average Bonchev–Trinajstić information content (AvgIpc) is 2.61. The van der Waals surface area contributed by atoms with Crippen molar-refractivity contribution in [3.8, 4) is 0 Å². The van der Waals surface area contributed by atoms with Gasteiger partial charge in [-0.2, -0.15) is 0 Å². The Kier molecular flexibility index (Phi) is 4.56. The molecule has 1 heterocycles. The zero-order valence-corrected chi connectivity index (χ0v) is 13.3. The number of para-hydroxylation sites is 1. The van der Waals surface area contributed by atoms with Gasteiger partial charge in [-0.05, 0) is 30.3 Å². The minimum atomic E-state index is -1.62. The molecule has 0 unspecified atom stereocenters. The van der Waals surface area contributed by atoms with Gasteiger partial charge in [0.05, 0.1) is 17.7 Å². The largest absolute Gasteiger partial charge is 0.350 e. The summed E-state index contributed by atoms with van der Waals surface area (Å²) in [5.74, 6) is -4.39. The summed E-state index contributed by atoms with van der Waals surface area (Å²) >= 11 is 0. The summed E-state index contributed by atoms with van der Waals surface area (Å²) < 4.78 is 39.7. The summed E-state index contributed by atoms with van der Waals surface area (Å²) in [5, 5.41) is 3.19. The summed E-state index contributed by atoms with van der Waals surface area (Å²) in [6, 6.07) is 12.9. The van der Waals surface area contributed by atoms with Gasteiger partial charge in [0.2, 0.25) is 5.91 Å². The maximum absolute atomic E-state index is 13.6. The van der Waals surface area contributed by atoms with Crippen molar-refractivity contribution >= 4 is 28.3 Å². The molecule has 3 aromatic rings.